The van der Waals surface area contributed by atoms with Gasteiger partial charge in [-0.3, -0.25) is 4.79 Å². The number of unbranched alkanes of at least 4 members (excludes halogenated alkanes) is 1. The van der Waals surface area contributed by atoms with Gasteiger partial charge in [-0.2, -0.15) is 0 Å². The molecule has 0 spiro atoms. The maximum atomic E-state index is 11.6. The Balaban J connectivity index is 0.00000242. The Morgan fingerprint density at radius 2 is 1.86 bits per heavy atom. The summed E-state index contributed by atoms with van der Waals surface area (Å²) in [5.41, 5.74) is 0. The van der Waals surface area contributed by atoms with Crippen LogP contribution in [0.3, 0.4) is 0 Å². The Morgan fingerprint density at radius 1 is 1.18 bits per heavy atom. The highest BCUT2D eigenvalue weighted by atomic mass is 35.5. The lowest BCUT2D eigenvalue weighted by atomic mass is 10.3. The average Bonchev–Trinajstić information content (AvgIpc) is 2.99. The summed E-state index contributed by atoms with van der Waals surface area (Å²) in [5.74, 6) is 0.578. The van der Waals surface area contributed by atoms with Crippen molar-refractivity contribution in [2.45, 2.75) is 25.7 Å². The second-order valence-electron chi connectivity index (χ2n) is 5.35. The van der Waals surface area contributed by atoms with Crippen LogP contribution >= 0.6 is 24.0 Å². The number of carbonyl (C=O) groups excluding carboxylic acids is 1. The van der Waals surface area contributed by atoms with Crippen LogP contribution in [0.1, 0.15) is 25.7 Å². The molecule has 1 amide bonds. The van der Waals surface area contributed by atoms with Gasteiger partial charge in [0.05, 0.1) is 0 Å². The van der Waals surface area contributed by atoms with Gasteiger partial charge in [0, 0.05) is 11.6 Å². The summed E-state index contributed by atoms with van der Waals surface area (Å²) in [6.07, 6.45) is 4.82. The molecule has 1 aliphatic rings. The summed E-state index contributed by atoms with van der Waals surface area (Å²) in [6.45, 7) is 4.39. The van der Waals surface area contributed by atoms with Crippen LogP contribution in [0.2, 0.25) is 5.02 Å². The van der Waals surface area contributed by atoms with Crippen molar-refractivity contribution in [1.29, 1.82) is 0 Å². The van der Waals surface area contributed by atoms with Gasteiger partial charge in [-0.1, -0.05) is 11.6 Å². The van der Waals surface area contributed by atoms with E-state index in [-0.39, 0.29) is 24.9 Å². The number of hydrogen-bond donors (Lipinski definition) is 1. The minimum absolute atomic E-state index is 0. The van der Waals surface area contributed by atoms with Gasteiger partial charge in [0.2, 0.25) is 0 Å². The van der Waals surface area contributed by atoms with Crippen LogP contribution in [0, 0.1) is 0 Å². The van der Waals surface area contributed by atoms with E-state index in [0.717, 1.165) is 25.9 Å². The Labute approximate surface area is 143 Å². The molecule has 0 radical (unpaired) electrons. The molecule has 0 atom stereocenters. The van der Waals surface area contributed by atoms with Crippen molar-refractivity contribution in [3.8, 4) is 5.75 Å². The van der Waals surface area contributed by atoms with Gasteiger partial charge in [0.25, 0.3) is 5.91 Å². The van der Waals surface area contributed by atoms with E-state index >= 15 is 0 Å². The van der Waals surface area contributed by atoms with Crippen molar-refractivity contribution >= 4 is 29.9 Å². The van der Waals surface area contributed by atoms with E-state index in [4.69, 9.17) is 16.3 Å². The Hall–Kier alpha value is -0.970. The molecule has 1 N–H and O–H groups in total. The minimum Gasteiger partial charge on any atom is -0.484 e. The number of likely N-dealkylation sites (tertiary alicyclic amines) is 1. The number of benzene rings is 1. The van der Waals surface area contributed by atoms with Crippen LogP contribution in [0.5, 0.6) is 5.75 Å². The topological polar surface area (TPSA) is 41.6 Å². The summed E-state index contributed by atoms with van der Waals surface area (Å²) in [6, 6.07) is 7.00. The van der Waals surface area contributed by atoms with Crippen LogP contribution in [0.4, 0.5) is 0 Å². The fraction of sp³-hybridized carbons (Fsp3) is 0.562. The zero-order valence-electron chi connectivity index (χ0n) is 12.7. The largest absolute Gasteiger partial charge is 0.484 e. The number of hydrogen-bond acceptors (Lipinski definition) is 3. The third kappa shape index (κ3) is 7.34. The first-order valence-electron chi connectivity index (χ1n) is 7.61. The molecule has 6 heteroatoms. The van der Waals surface area contributed by atoms with E-state index in [1.165, 1.54) is 25.9 Å². The molecule has 4 nitrogen and oxygen atoms in total. The lowest BCUT2D eigenvalue weighted by Crippen LogP contribution is -2.30. The molecule has 0 aromatic heterocycles. The zero-order valence-corrected chi connectivity index (χ0v) is 14.3. The molecule has 1 aromatic carbocycles. The molecule has 22 heavy (non-hydrogen) atoms. The Kier molecular flexibility index (Phi) is 9.28. The fourth-order valence-electron chi connectivity index (χ4n) is 2.43. The van der Waals surface area contributed by atoms with Gasteiger partial charge in [-0.25, -0.2) is 0 Å². The highest BCUT2D eigenvalue weighted by molar-refractivity contribution is 6.30. The number of halogens is 2. The van der Waals surface area contributed by atoms with Crippen LogP contribution < -0.4 is 10.1 Å². The zero-order chi connectivity index (χ0) is 14.9. The smallest absolute Gasteiger partial charge is 0.257 e. The first-order valence-corrected chi connectivity index (χ1v) is 7.99. The van der Waals surface area contributed by atoms with E-state index in [2.05, 4.69) is 10.2 Å². The van der Waals surface area contributed by atoms with Crippen molar-refractivity contribution in [2.75, 3.05) is 32.8 Å². The van der Waals surface area contributed by atoms with Crippen LogP contribution in [-0.4, -0.2) is 43.6 Å². The Morgan fingerprint density at radius 3 is 2.55 bits per heavy atom. The molecular formula is C16H24Cl2N2O2. The second-order valence-corrected chi connectivity index (χ2v) is 5.78. The average molecular weight is 347 g/mol. The normalized spacial score (nSPS) is 14.4. The molecular weight excluding hydrogens is 323 g/mol. The van der Waals surface area contributed by atoms with E-state index in [0.29, 0.717) is 10.8 Å². The lowest BCUT2D eigenvalue weighted by molar-refractivity contribution is -0.123. The third-order valence-electron chi connectivity index (χ3n) is 3.61. The summed E-state index contributed by atoms with van der Waals surface area (Å²) >= 11 is 5.78. The SMILES string of the molecule is Cl.O=C(COc1ccc(Cl)cc1)NCCCCN1CCCC1. The van der Waals surface area contributed by atoms with Gasteiger partial charge >= 0.3 is 0 Å². The number of amides is 1. The number of ether oxygens (including phenoxy) is 1. The number of rotatable bonds is 8. The van der Waals surface area contributed by atoms with Crippen molar-refractivity contribution in [2.24, 2.45) is 0 Å². The van der Waals surface area contributed by atoms with E-state index < -0.39 is 0 Å². The van der Waals surface area contributed by atoms with Crippen molar-refractivity contribution < 1.29 is 9.53 Å². The van der Waals surface area contributed by atoms with Gasteiger partial charge < -0.3 is 15.0 Å². The molecule has 1 saturated heterocycles. The maximum Gasteiger partial charge on any atom is 0.257 e. The molecule has 1 aromatic rings. The molecule has 1 aliphatic heterocycles. The Bertz CT molecular complexity index is 434. The van der Waals surface area contributed by atoms with E-state index in [1.807, 2.05) is 0 Å². The maximum absolute atomic E-state index is 11.6. The summed E-state index contributed by atoms with van der Waals surface area (Å²) in [5, 5.41) is 3.54. The van der Waals surface area contributed by atoms with Crippen LogP contribution in [0.15, 0.2) is 24.3 Å². The highest BCUT2D eigenvalue weighted by Crippen LogP contribution is 2.15. The molecule has 0 bridgehead atoms. The monoisotopic (exact) mass is 346 g/mol. The predicted molar refractivity (Wildman–Crippen MR) is 92.1 cm³/mol. The van der Waals surface area contributed by atoms with Crippen molar-refractivity contribution in [3.05, 3.63) is 29.3 Å². The summed E-state index contributed by atoms with van der Waals surface area (Å²) in [4.78, 5) is 14.1. The minimum atomic E-state index is -0.0777. The third-order valence-corrected chi connectivity index (χ3v) is 3.86. The summed E-state index contributed by atoms with van der Waals surface area (Å²) < 4.78 is 5.38. The first kappa shape index (κ1) is 19.1. The number of nitrogens with one attached hydrogen (secondary N) is 1. The molecule has 0 saturated carbocycles. The van der Waals surface area contributed by atoms with Gasteiger partial charge in [0.15, 0.2) is 6.61 Å². The summed E-state index contributed by atoms with van der Waals surface area (Å²) in [7, 11) is 0. The quantitative estimate of drug-likeness (QED) is 0.735. The molecule has 1 heterocycles. The van der Waals surface area contributed by atoms with Gasteiger partial charge in [0.1, 0.15) is 5.75 Å². The number of nitrogens with zero attached hydrogens (tertiary/aromatic N) is 1. The van der Waals surface area contributed by atoms with Gasteiger partial charge in [-0.05, 0) is 69.6 Å². The van der Waals surface area contributed by atoms with E-state index in [9.17, 15) is 4.79 Å². The molecule has 124 valence electrons. The number of carbonyl (C=O) groups is 1. The molecule has 1 fully saturated rings. The predicted octanol–water partition coefficient (Wildman–Crippen LogP) is 3.13. The van der Waals surface area contributed by atoms with Crippen molar-refractivity contribution in [3.63, 3.8) is 0 Å². The van der Waals surface area contributed by atoms with Crippen molar-refractivity contribution in [1.82, 2.24) is 10.2 Å². The van der Waals surface area contributed by atoms with Crippen LogP contribution in [0.25, 0.3) is 0 Å². The fourth-order valence-corrected chi connectivity index (χ4v) is 2.55. The standard InChI is InChI=1S/C16H23ClN2O2.ClH/c17-14-5-7-15(8-6-14)21-13-16(20)18-9-1-2-10-19-11-3-4-12-19;/h5-8H,1-4,9-13H2,(H,18,20);1H. The highest BCUT2D eigenvalue weighted by Gasteiger charge is 2.10. The van der Waals surface area contributed by atoms with Gasteiger partial charge in [-0.15, -0.1) is 12.4 Å². The molecule has 0 aliphatic carbocycles. The molecule has 2 rings (SSSR count). The lowest BCUT2D eigenvalue weighted by Gasteiger charge is -2.14. The molecule has 0 unspecified atom stereocenters. The first-order chi connectivity index (χ1) is 10.2. The van der Waals surface area contributed by atoms with E-state index in [1.54, 1.807) is 24.3 Å². The second kappa shape index (κ2) is 10.7. The van der Waals surface area contributed by atoms with Crippen LogP contribution in [-0.2, 0) is 4.79 Å².